The summed E-state index contributed by atoms with van der Waals surface area (Å²) in [7, 11) is 1.45. The zero-order valence-corrected chi connectivity index (χ0v) is 10.4. The predicted molar refractivity (Wildman–Crippen MR) is 66.0 cm³/mol. The summed E-state index contributed by atoms with van der Waals surface area (Å²) < 4.78 is 10.2. The zero-order valence-electron chi connectivity index (χ0n) is 9.62. The molecule has 2 aromatic rings. The van der Waals surface area contributed by atoms with Crippen LogP contribution in [0.5, 0.6) is 5.75 Å². The molecule has 0 spiro atoms. The molecule has 0 bridgehead atoms. The van der Waals surface area contributed by atoms with Gasteiger partial charge in [-0.05, 0) is 17.7 Å². The first-order valence-electron chi connectivity index (χ1n) is 5.13. The van der Waals surface area contributed by atoms with Crippen LogP contribution in [0, 0.1) is 0 Å². The Labute approximate surface area is 108 Å². The molecule has 0 unspecified atom stereocenters. The SMILES string of the molecule is COc1cc(CSc2ncco2)ccc1C(=O)O. The van der Waals surface area contributed by atoms with E-state index in [1.165, 1.54) is 31.2 Å². The number of hydrogen-bond donors (Lipinski definition) is 1. The molecular formula is C12H11NO4S. The number of aromatic nitrogens is 1. The second-order valence-corrected chi connectivity index (χ2v) is 4.35. The van der Waals surface area contributed by atoms with E-state index < -0.39 is 5.97 Å². The molecule has 5 nitrogen and oxygen atoms in total. The van der Waals surface area contributed by atoms with Gasteiger partial charge in [-0.1, -0.05) is 17.8 Å². The number of oxazole rings is 1. The van der Waals surface area contributed by atoms with Crippen molar-refractivity contribution < 1.29 is 19.1 Å². The molecule has 0 aliphatic heterocycles. The number of carboxylic acids is 1. The van der Waals surface area contributed by atoms with E-state index in [2.05, 4.69) is 4.98 Å². The molecule has 0 aliphatic carbocycles. The highest BCUT2D eigenvalue weighted by atomic mass is 32.2. The first kappa shape index (κ1) is 12.5. The third kappa shape index (κ3) is 2.84. The molecule has 0 saturated heterocycles. The van der Waals surface area contributed by atoms with Crippen LogP contribution in [-0.4, -0.2) is 23.2 Å². The summed E-state index contributed by atoms with van der Waals surface area (Å²) in [6.07, 6.45) is 3.09. The molecule has 1 N–H and O–H groups in total. The number of carbonyl (C=O) groups is 1. The molecule has 1 aromatic heterocycles. The van der Waals surface area contributed by atoms with Crippen LogP contribution in [0.25, 0.3) is 0 Å². The van der Waals surface area contributed by atoms with Crippen LogP contribution in [0.2, 0.25) is 0 Å². The molecule has 0 radical (unpaired) electrons. The maximum absolute atomic E-state index is 10.9. The fraction of sp³-hybridized carbons (Fsp3) is 0.167. The zero-order chi connectivity index (χ0) is 13.0. The maximum Gasteiger partial charge on any atom is 0.339 e. The highest BCUT2D eigenvalue weighted by Crippen LogP contribution is 2.25. The largest absolute Gasteiger partial charge is 0.496 e. The lowest BCUT2D eigenvalue weighted by molar-refractivity contribution is 0.0693. The van der Waals surface area contributed by atoms with Crippen molar-refractivity contribution in [3.05, 3.63) is 41.8 Å². The van der Waals surface area contributed by atoms with Crippen LogP contribution in [0.4, 0.5) is 0 Å². The Morgan fingerprint density at radius 2 is 2.39 bits per heavy atom. The van der Waals surface area contributed by atoms with Gasteiger partial charge in [-0.15, -0.1) is 0 Å². The molecule has 0 fully saturated rings. The molecular weight excluding hydrogens is 254 g/mol. The van der Waals surface area contributed by atoms with Crippen molar-refractivity contribution >= 4 is 17.7 Å². The summed E-state index contributed by atoms with van der Waals surface area (Å²) >= 11 is 1.43. The Morgan fingerprint density at radius 1 is 1.56 bits per heavy atom. The molecule has 0 atom stereocenters. The normalized spacial score (nSPS) is 10.3. The van der Waals surface area contributed by atoms with Crippen LogP contribution in [0.15, 0.2) is 40.3 Å². The smallest absolute Gasteiger partial charge is 0.339 e. The fourth-order valence-electron chi connectivity index (χ4n) is 1.43. The molecule has 1 aromatic carbocycles. The van der Waals surface area contributed by atoms with E-state index in [1.807, 2.05) is 0 Å². The van der Waals surface area contributed by atoms with Gasteiger partial charge < -0.3 is 14.3 Å². The maximum atomic E-state index is 10.9. The van der Waals surface area contributed by atoms with E-state index in [0.29, 0.717) is 16.7 Å². The number of ether oxygens (including phenoxy) is 1. The van der Waals surface area contributed by atoms with Crippen LogP contribution in [0.3, 0.4) is 0 Å². The van der Waals surface area contributed by atoms with E-state index in [0.717, 1.165) is 5.56 Å². The third-order valence-electron chi connectivity index (χ3n) is 2.27. The fourth-order valence-corrected chi connectivity index (χ4v) is 2.16. The summed E-state index contributed by atoms with van der Waals surface area (Å²) in [5.41, 5.74) is 1.10. The molecule has 6 heteroatoms. The minimum atomic E-state index is -1.00. The molecule has 94 valence electrons. The van der Waals surface area contributed by atoms with Crippen LogP contribution in [0.1, 0.15) is 15.9 Å². The van der Waals surface area contributed by atoms with Crippen molar-refractivity contribution in [3.8, 4) is 5.75 Å². The minimum Gasteiger partial charge on any atom is -0.496 e. The standard InChI is InChI=1S/C12H11NO4S/c1-16-10-6-8(2-3-9(10)11(14)15)7-18-12-13-4-5-17-12/h2-6H,7H2,1H3,(H,14,15). The van der Waals surface area contributed by atoms with E-state index in [4.69, 9.17) is 14.3 Å². The van der Waals surface area contributed by atoms with Gasteiger partial charge in [0.25, 0.3) is 5.22 Å². The summed E-state index contributed by atoms with van der Waals surface area (Å²) in [4.78, 5) is 14.9. The van der Waals surface area contributed by atoms with Crippen LogP contribution >= 0.6 is 11.8 Å². The van der Waals surface area contributed by atoms with E-state index in [1.54, 1.807) is 18.3 Å². The highest BCUT2D eigenvalue weighted by Gasteiger charge is 2.11. The van der Waals surface area contributed by atoms with Gasteiger partial charge in [0.15, 0.2) is 0 Å². The predicted octanol–water partition coefficient (Wildman–Crippen LogP) is 2.67. The molecule has 1 heterocycles. The van der Waals surface area contributed by atoms with Crippen molar-refractivity contribution in [2.24, 2.45) is 0 Å². The van der Waals surface area contributed by atoms with E-state index in [-0.39, 0.29) is 5.56 Å². The van der Waals surface area contributed by atoms with Crippen molar-refractivity contribution in [2.45, 2.75) is 11.0 Å². The number of rotatable bonds is 5. The summed E-state index contributed by atoms with van der Waals surface area (Å²) in [6.45, 7) is 0. The highest BCUT2D eigenvalue weighted by molar-refractivity contribution is 7.98. The molecule has 0 amide bonds. The number of hydrogen-bond acceptors (Lipinski definition) is 5. The van der Waals surface area contributed by atoms with Gasteiger partial charge >= 0.3 is 5.97 Å². The summed E-state index contributed by atoms with van der Waals surface area (Å²) in [5.74, 6) is -0.0108. The van der Waals surface area contributed by atoms with Crippen molar-refractivity contribution in [3.63, 3.8) is 0 Å². The van der Waals surface area contributed by atoms with Gasteiger partial charge in [0.05, 0.1) is 13.3 Å². The first-order valence-corrected chi connectivity index (χ1v) is 6.12. The number of benzene rings is 1. The van der Waals surface area contributed by atoms with Crippen LogP contribution < -0.4 is 4.74 Å². The Balaban J connectivity index is 2.12. The lowest BCUT2D eigenvalue weighted by Gasteiger charge is -2.07. The number of methoxy groups -OCH3 is 1. The quantitative estimate of drug-likeness (QED) is 0.838. The van der Waals surface area contributed by atoms with Gasteiger partial charge in [-0.2, -0.15) is 0 Å². The molecule has 2 rings (SSSR count). The lowest BCUT2D eigenvalue weighted by atomic mass is 10.1. The Morgan fingerprint density at radius 3 is 3.00 bits per heavy atom. The third-order valence-corrected chi connectivity index (χ3v) is 3.19. The van der Waals surface area contributed by atoms with Gasteiger partial charge in [-0.25, -0.2) is 9.78 Å². The Hall–Kier alpha value is -1.95. The van der Waals surface area contributed by atoms with E-state index >= 15 is 0 Å². The number of thioether (sulfide) groups is 1. The second kappa shape index (κ2) is 5.59. The van der Waals surface area contributed by atoms with E-state index in [9.17, 15) is 4.79 Å². The first-order chi connectivity index (χ1) is 8.70. The Kier molecular flexibility index (Phi) is 3.88. The minimum absolute atomic E-state index is 0.155. The van der Waals surface area contributed by atoms with Gasteiger partial charge in [0.2, 0.25) is 0 Å². The summed E-state index contributed by atoms with van der Waals surface area (Å²) in [5, 5.41) is 9.54. The van der Waals surface area contributed by atoms with Gasteiger partial charge in [0, 0.05) is 5.75 Å². The van der Waals surface area contributed by atoms with Crippen molar-refractivity contribution in [2.75, 3.05) is 7.11 Å². The number of aromatic carboxylic acids is 1. The average molecular weight is 265 g/mol. The topological polar surface area (TPSA) is 72.6 Å². The number of nitrogens with zero attached hydrogens (tertiary/aromatic N) is 1. The monoisotopic (exact) mass is 265 g/mol. The van der Waals surface area contributed by atoms with Gasteiger partial charge in [-0.3, -0.25) is 0 Å². The summed E-state index contributed by atoms with van der Waals surface area (Å²) in [6, 6.07) is 4.99. The molecule has 0 saturated carbocycles. The van der Waals surface area contributed by atoms with Crippen molar-refractivity contribution in [1.29, 1.82) is 0 Å². The lowest BCUT2D eigenvalue weighted by Crippen LogP contribution is -2.00. The van der Waals surface area contributed by atoms with Crippen LogP contribution in [-0.2, 0) is 5.75 Å². The number of carboxylic acid groups (broad SMARTS) is 1. The second-order valence-electron chi connectivity index (χ2n) is 3.43. The van der Waals surface area contributed by atoms with Crippen molar-refractivity contribution in [1.82, 2.24) is 4.98 Å². The molecule has 18 heavy (non-hydrogen) atoms. The van der Waals surface area contributed by atoms with Gasteiger partial charge in [0.1, 0.15) is 17.6 Å². The average Bonchev–Trinajstić information content (AvgIpc) is 2.88. The molecule has 0 aliphatic rings. The Bertz CT molecular complexity index is 539.